The van der Waals surface area contributed by atoms with Crippen LogP contribution in [0.15, 0.2) is 36.7 Å². The molecule has 0 bridgehead atoms. The normalized spacial score (nSPS) is 20.8. The van der Waals surface area contributed by atoms with Gasteiger partial charge in [0, 0.05) is 50.2 Å². The smallest absolute Gasteiger partial charge is 0.226 e. The number of nitrogens with zero attached hydrogens (tertiary/aromatic N) is 5. The van der Waals surface area contributed by atoms with Gasteiger partial charge >= 0.3 is 0 Å². The first-order valence-electron chi connectivity index (χ1n) is 12.0. The second-order valence-corrected chi connectivity index (χ2v) is 8.55. The molecule has 0 amide bonds. The van der Waals surface area contributed by atoms with Gasteiger partial charge in [0.25, 0.3) is 0 Å². The van der Waals surface area contributed by atoms with Crippen LogP contribution in [0.25, 0.3) is 10.9 Å². The average Bonchev–Trinajstić information content (AvgIpc) is 2.89. The first-order valence-corrected chi connectivity index (χ1v) is 12.0. The summed E-state index contributed by atoms with van der Waals surface area (Å²) in [6, 6.07) is 8.02. The van der Waals surface area contributed by atoms with Gasteiger partial charge in [-0.05, 0) is 37.8 Å². The molecule has 1 saturated heterocycles. The molecule has 0 radical (unpaired) electrons. The van der Waals surface area contributed by atoms with Crippen molar-refractivity contribution < 1.29 is 14.2 Å². The highest BCUT2D eigenvalue weighted by molar-refractivity contribution is 5.85. The molecule has 180 valence electrons. The minimum absolute atomic E-state index is 0.106. The molecule has 3 aromatic rings. The summed E-state index contributed by atoms with van der Waals surface area (Å²) in [4.78, 5) is 20.4. The standard InChI is InChI=1S/C24H31N7O3/c25-8-13-33-22-7-10-27-24(30-22)28-17-3-5-18(6-4-17)34-23-19-2-1-9-26-20(19)16-21(29-23)31-11-14-32-15-12-31/h1-2,7,9-10,16-18H,3-6,8,11-15,25H2,(H,27,28,30). The number of aromatic nitrogens is 4. The minimum atomic E-state index is 0.106. The van der Waals surface area contributed by atoms with Gasteiger partial charge < -0.3 is 30.2 Å². The Hall–Kier alpha value is -3.24. The average molecular weight is 466 g/mol. The van der Waals surface area contributed by atoms with E-state index in [0.29, 0.717) is 44.1 Å². The molecule has 1 aliphatic carbocycles. The summed E-state index contributed by atoms with van der Waals surface area (Å²) in [7, 11) is 0. The van der Waals surface area contributed by atoms with Gasteiger partial charge in [-0.2, -0.15) is 9.97 Å². The third-order valence-corrected chi connectivity index (χ3v) is 6.17. The monoisotopic (exact) mass is 465 g/mol. The number of pyridine rings is 2. The Morgan fingerprint density at radius 2 is 1.91 bits per heavy atom. The third-order valence-electron chi connectivity index (χ3n) is 6.17. The van der Waals surface area contributed by atoms with E-state index in [4.69, 9.17) is 24.9 Å². The number of ether oxygens (including phenoxy) is 3. The van der Waals surface area contributed by atoms with E-state index in [1.165, 1.54) is 0 Å². The van der Waals surface area contributed by atoms with E-state index in [-0.39, 0.29) is 12.1 Å². The summed E-state index contributed by atoms with van der Waals surface area (Å²) in [6.07, 6.45) is 7.38. The van der Waals surface area contributed by atoms with Crippen molar-refractivity contribution in [1.82, 2.24) is 19.9 Å². The van der Waals surface area contributed by atoms with Crippen molar-refractivity contribution in [3.8, 4) is 11.8 Å². The Bertz CT molecular complexity index is 1090. The van der Waals surface area contributed by atoms with E-state index >= 15 is 0 Å². The van der Waals surface area contributed by atoms with Gasteiger partial charge in [-0.3, -0.25) is 4.98 Å². The fourth-order valence-electron chi connectivity index (χ4n) is 4.40. The molecule has 3 aromatic heterocycles. The summed E-state index contributed by atoms with van der Waals surface area (Å²) in [5.41, 5.74) is 6.40. The van der Waals surface area contributed by atoms with Crippen LogP contribution in [0.3, 0.4) is 0 Å². The zero-order valence-electron chi connectivity index (χ0n) is 19.2. The van der Waals surface area contributed by atoms with Crippen LogP contribution in [-0.4, -0.2) is 71.5 Å². The predicted octanol–water partition coefficient (Wildman–Crippen LogP) is 2.40. The molecule has 5 rings (SSSR count). The van der Waals surface area contributed by atoms with Crippen LogP contribution >= 0.6 is 0 Å². The van der Waals surface area contributed by atoms with Crippen molar-refractivity contribution in [3.63, 3.8) is 0 Å². The molecule has 4 heterocycles. The van der Waals surface area contributed by atoms with Crippen LogP contribution < -0.4 is 25.4 Å². The topological polar surface area (TPSA) is 121 Å². The van der Waals surface area contributed by atoms with E-state index < -0.39 is 0 Å². The van der Waals surface area contributed by atoms with Crippen molar-refractivity contribution >= 4 is 22.7 Å². The van der Waals surface area contributed by atoms with Gasteiger partial charge in [-0.25, -0.2) is 4.98 Å². The Morgan fingerprint density at radius 1 is 1.06 bits per heavy atom. The van der Waals surface area contributed by atoms with E-state index in [1.807, 2.05) is 24.4 Å². The Morgan fingerprint density at radius 3 is 2.74 bits per heavy atom. The summed E-state index contributed by atoms with van der Waals surface area (Å²) in [5, 5.41) is 4.38. The SMILES string of the molecule is NCCOc1ccnc(NC2CCC(Oc3nc(N4CCOCC4)cc4ncccc34)CC2)n1. The number of hydrogen-bond acceptors (Lipinski definition) is 10. The highest BCUT2D eigenvalue weighted by Crippen LogP contribution is 2.31. The summed E-state index contributed by atoms with van der Waals surface area (Å²) < 4.78 is 17.5. The summed E-state index contributed by atoms with van der Waals surface area (Å²) >= 11 is 0. The first kappa shape index (κ1) is 22.5. The van der Waals surface area contributed by atoms with Crippen molar-refractivity contribution in [1.29, 1.82) is 0 Å². The largest absolute Gasteiger partial charge is 0.476 e. The maximum absolute atomic E-state index is 6.46. The summed E-state index contributed by atoms with van der Waals surface area (Å²) in [5.74, 6) is 2.67. The van der Waals surface area contributed by atoms with Crippen LogP contribution in [0.2, 0.25) is 0 Å². The number of hydrogen-bond donors (Lipinski definition) is 2. The Balaban J connectivity index is 1.23. The third kappa shape index (κ3) is 5.45. The number of nitrogens with two attached hydrogens (primary N) is 1. The lowest BCUT2D eigenvalue weighted by Gasteiger charge is -2.31. The lowest BCUT2D eigenvalue weighted by atomic mass is 9.93. The zero-order valence-corrected chi connectivity index (χ0v) is 19.2. The molecule has 2 fully saturated rings. The van der Waals surface area contributed by atoms with Crippen molar-refractivity contribution in [2.75, 3.05) is 49.7 Å². The van der Waals surface area contributed by atoms with Crippen LogP contribution in [0.1, 0.15) is 25.7 Å². The van der Waals surface area contributed by atoms with Gasteiger partial charge in [0.05, 0.1) is 24.1 Å². The quantitative estimate of drug-likeness (QED) is 0.513. The molecule has 1 saturated carbocycles. The van der Waals surface area contributed by atoms with Gasteiger partial charge in [0.2, 0.25) is 17.7 Å². The highest BCUT2D eigenvalue weighted by atomic mass is 16.5. The van der Waals surface area contributed by atoms with Crippen molar-refractivity contribution in [3.05, 3.63) is 36.7 Å². The molecule has 10 heteroatoms. The van der Waals surface area contributed by atoms with Crippen molar-refractivity contribution in [2.45, 2.75) is 37.8 Å². The molecule has 0 unspecified atom stereocenters. The Kier molecular flexibility index (Phi) is 7.16. The zero-order chi connectivity index (χ0) is 23.2. The van der Waals surface area contributed by atoms with E-state index in [2.05, 4.69) is 25.2 Å². The molecule has 1 aliphatic heterocycles. The molecule has 3 N–H and O–H groups in total. The number of anilines is 2. The second kappa shape index (κ2) is 10.8. The maximum Gasteiger partial charge on any atom is 0.226 e. The fraction of sp³-hybridized carbons (Fsp3) is 0.500. The fourth-order valence-corrected chi connectivity index (χ4v) is 4.40. The van der Waals surface area contributed by atoms with Gasteiger partial charge in [-0.15, -0.1) is 0 Å². The van der Waals surface area contributed by atoms with Crippen LogP contribution in [0.5, 0.6) is 11.8 Å². The predicted molar refractivity (Wildman–Crippen MR) is 129 cm³/mol. The van der Waals surface area contributed by atoms with Gasteiger partial charge in [-0.1, -0.05) is 0 Å². The second-order valence-electron chi connectivity index (χ2n) is 8.55. The molecule has 10 nitrogen and oxygen atoms in total. The Labute approximate surface area is 198 Å². The van der Waals surface area contributed by atoms with E-state index in [1.54, 1.807) is 12.3 Å². The van der Waals surface area contributed by atoms with Crippen LogP contribution in [0, 0.1) is 0 Å². The number of rotatable bonds is 8. The lowest BCUT2D eigenvalue weighted by Crippen LogP contribution is -2.37. The molecule has 2 aliphatic rings. The number of fused-ring (bicyclic) bond motifs is 1. The molecule has 0 spiro atoms. The van der Waals surface area contributed by atoms with Gasteiger partial charge in [0.1, 0.15) is 18.5 Å². The molecule has 0 aromatic carbocycles. The first-order chi connectivity index (χ1) is 16.8. The highest BCUT2D eigenvalue weighted by Gasteiger charge is 2.25. The molecular weight excluding hydrogens is 434 g/mol. The van der Waals surface area contributed by atoms with E-state index in [0.717, 1.165) is 55.5 Å². The molecule has 34 heavy (non-hydrogen) atoms. The maximum atomic E-state index is 6.46. The van der Waals surface area contributed by atoms with E-state index in [9.17, 15) is 0 Å². The molecular formula is C24H31N7O3. The van der Waals surface area contributed by atoms with Gasteiger partial charge in [0.15, 0.2) is 0 Å². The number of nitrogens with one attached hydrogen (secondary N) is 1. The van der Waals surface area contributed by atoms with Crippen LogP contribution in [0.4, 0.5) is 11.8 Å². The van der Waals surface area contributed by atoms with Crippen molar-refractivity contribution in [2.24, 2.45) is 5.73 Å². The minimum Gasteiger partial charge on any atom is -0.476 e. The number of morpholine rings is 1. The molecule has 0 atom stereocenters. The van der Waals surface area contributed by atoms with Crippen LogP contribution in [-0.2, 0) is 4.74 Å². The summed E-state index contributed by atoms with van der Waals surface area (Å²) in [6.45, 7) is 3.95. The lowest BCUT2D eigenvalue weighted by molar-refractivity contribution is 0.122.